The Kier molecular flexibility index (Phi) is 4.25. The van der Waals surface area contributed by atoms with E-state index in [0.29, 0.717) is 5.75 Å². The second-order valence-corrected chi connectivity index (χ2v) is 9.53. The van der Waals surface area contributed by atoms with Gasteiger partial charge in [0.05, 0.1) is 0 Å². The number of nitrogens with one attached hydrogen (secondary N) is 1. The van der Waals surface area contributed by atoms with Crippen LogP contribution in [0.3, 0.4) is 0 Å². The first kappa shape index (κ1) is 18.9. The number of benzene rings is 2. The number of aromatic nitrogens is 2. The highest BCUT2D eigenvalue weighted by molar-refractivity contribution is 8.14. The van der Waals surface area contributed by atoms with E-state index >= 15 is 0 Å². The van der Waals surface area contributed by atoms with Crippen LogP contribution in [0.5, 0.6) is 17.2 Å². The molecular weight excluding hydrogens is 396 g/mol. The van der Waals surface area contributed by atoms with Gasteiger partial charge in [-0.2, -0.15) is 0 Å². The number of hydrogen-bond acceptors (Lipinski definition) is 7. The number of aliphatic imine (C=N–C) groups is 1. The van der Waals surface area contributed by atoms with Crippen molar-refractivity contribution in [2.45, 2.75) is 31.8 Å². The van der Waals surface area contributed by atoms with Gasteiger partial charge in [-0.15, -0.1) is 0 Å². The number of aromatic hydroxyl groups is 1. The maximum absolute atomic E-state index is 10.2. The van der Waals surface area contributed by atoms with Gasteiger partial charge >= 0.3 is 0 Å². The standard InChI is InChI=1S/C23H22N4O2S/c1-22(2,3)26-21-27-23(12-30-21)17-8-14(15-10-24-13-25-11-15)4-6-19(17)29-20-7-5-16(28)9-18(20)23/h4-11,13,28H,12H2,1-3H3,(H,26,27). The summed E-state index contributed by atoms with van der Waals surface area (Å²) in [6.45, 7) is 6.35. The number of thioether (sulfide) groups is 1. The van der Waals surface area contributed by atoms with Crippen LogP contribution in [0.1, 0.15) is 31.9 Å². The summed E-state index contributed by atoms with van der Waals surface area (Å²) in [7, 11) is 0. The van der Waals surface area contributed by atoms with Crippen molar-refractivity contribution in [1.82, 2.24) is 15.3 Å². The van der Waals surface area contributed by atoms with Gasteiger partial charge in [0.2, 0.25) is 0 Å². The van der Waals surface area contributed by atoms with Crippen LogP contribution in [-0.2, 0) is 5.54 Å². The molecule has 7 heteroatoms. The fourth-order valence-corrected chi connectivity index (χ4v) is 5.16. The maximum atomic E-state index is 10.2. The quantitative estimate of drug-likeness (QED) is 0.597. The number of hydrogen-bond donors (Lipinski definition) is 2. The number of nitrogens with zero attached hydrogens (tertiary/aromatic N) is 3. The molecule has 6 nitrogen and oxygen atoms in total. The Morgan fingerprint density at radius 1 is 1.00 bits per heavy atom. The van der Waals surface area contributed by atoms with Crippen LogP contribution < -0.4 is 10.1 Å². The third-order valence-corrected chi connectivity index (χ3v) is 6.17. The summed E-state index contributed by atoms with van der Waals surface area (Å²) in [6, 6.07) is 11.3. The molecule has 0 aliphatic carbocycles. The van der Waals surface area contributed by atoms with Crippen molar-refractivity contribution >= 4 is 16.9 Å². The molecule has 1 spiro atoms. The predicted molar refractivity (Wildman–Crippen MR) is 119 cm³/mol. The van der Waals surface area contributed by atoms with Gasteiger partial charge in [0.1, 0.15) is 29.1 Å². The molecule has 0 bridgehead atoms. The summed E-state index contributed by atoms with van der Waals surface area (Å²) >= 11 is 1.69. The number of rotatable bonds is 1. The lowest BCUT2D eigenvalue weighted by Crippen LogP contribution is -2.38. The van der Waals surface area contributed by atoms with Crippen molar-refractivity contribution in [2.24, 2.45) is 4.99 Å². The largest absolute Gasteiger partial charge is 0.508 e. The van der Waals surface area contributed by atoms with E-state index in [4.69, 9.17) is 9.73 Å². The van der Waals surface area contributed by atoms with E-state index in [1.165, 1.54) is 6.33 Å². The van der Waals surface area contributed by atoms with Crippen molar-refractivity contribution in [3.63, 3.8) is 0 Å². The van der Waals surface area contributed by atoms with Crippen LogP contribution >= 0.6 is 11.8 Å². The zero-order valence-corrected chi connectivity index (χ0v) is 17.8. The maximum Gasteiger partial charge on any atom is 0.158 e. The van der Waals surface area contributed by atoms with Crippen LogP contribution in [-0.4, -0.2) is 31.5 Å². The summed E-state index contributed by atoms with van der Waals surface area (Å²) in [4.78, 5) is 13.5. The molecule has 3 aromatic rings. The molecular formula is C23H22N4O2S. The zero-order valence-electron chi connectivity index (χ0n) is 17.0. The van der Waals surface area contributed by atoms with Crippen molar-refractivity contribution < 1.29 is 9.84 Å². The van der Waals surface area contributed by atoms with Gasteiger partial charge in [0, 0.05) is 40.4 Å². The predicted octanol–water partition coefficient (Wildman–Crippen LogP) is 4.69. The van der Waals surface area contributed by atoms with E-state index in [9.17, 15) is 5.11 Å². The van der Waals surface area contributed by atoms with E-state index in [2.05, 4.69) is 42.1 Å². The SMILES string of the molecule is CC(C)(C)NC1=NC2(CS1)c1cc(O)ccc1Oc1ccc(-c3cncnc3)cc12. The van der Waals surface area contributed by atoms with E-state index < -0.39 is 5.54 Å². The smallest absolute Gasteiger partial charge is 0.158 e. The Labute approximate surface area is 179 Å². The first-order valence-electron chi connectivity index (χ1n) is 9.76. The average Bonchev–Trinajstić information content (AvgIpc) is 3.12. The molecule has 0 saturated heterocycles. The van der Waals surface area contributed by atoms with Crippen molar-refractivity contribution in [3.05, 3.63) is 66.2 Å². The molecule has 2 aromatic carbocycles. The van der Waals surface area contributed by atoms with Crippen molar-refractivity contribution in [2.75, 3.05) is 5.75 Å². The van der Waals surface area contributed by atoms with Crippen LogP contribution in [0.2, 0.25) is 0 Å². The molecule has 1 unspecified atom stereocenters. The van der Waals surface area contributed by atoms with Crippen LogP contribution in [0.4, 0.5) is 0 Å². The molecule has 2 aliphatic rings. The number of amidine groups is 1. The molecule has 30 heavy (non-hydrogen) atoms. The zero-order chi connectivity index (χ0) is 20.9. The molecule has 1 aromatic heterocycles. The Morgan fingerprint density at radius 3 is 2.43 bits per heavy atom. The topological polar surface area (TPSA) is 79.6 Å². The minimum Gasteiger partial charge on any atom is -0.508 e. The number of fused-ring (bicyclic) bond motifs is 4. The minimum atomic E-state index is -0.647. The van der Waals surface area contributed by atoms with E-state index in [0.717, 1.165) is 38.9 Å². The molecule has 0 saturated carbocycles. The third-order valence-electron chi connectivity index (χ3n) is 5.14. The van der Waals surface area contributed by atoms with Gasteiger partial charge in [-0.1, -0.05) is 17.8 Å². The normalized spacial score (nSPS) is 19.6. The molecule has 2 N–H and O–H groups in total. The van der Waals surface area contributed by atoms with Gasteiger partial charge in [0.25, 0.3) is 0 Å². The summed E-state index contributed by atoms with van der Waals surface area (Å²) in [5, 5.41) is 14.6. The van der Waals surface area contributed by atoms with Gasteiger partial charge in [-0.25, -0.2) is 15.0 Å². The Hall–Kier alpha value is -3.06. The highest BCUT2D eigenvalue weighted by atomic mass is 32.2. The van der Waals surface area contributed by atoms with Gasteiger partial charge in [-0.3, -0.25) is 0 Å². The van der Waals surface area contributed by atoms with E-state index in [1.807, 2.05) is 18.2 Å². The monoisotopic (exact) mass is 418 g/mol. The lowest BCUT2D eigenvalue weighted by Gasteiger charge is -2.34. The Bertz CT molecular complexity index is 1160. The summed E-state index contributed by atoms with van der Waals surface area (Å²) in [5.41, 5.74) is 3.02. The molecule has 0 fully saturated rings. The van der Waals surface area contributed by atoms with E-state index in [-0.39, 0.29) is 11.3 Å². The fraction of sp³-hybridized carbons (Fsp3) is 0.261. The van der Waals surface area contributed by atoms with Crippen LogP contribution in [0.15, 0.2) is 60.1 Å². The highest BCUT2D eigenvalue weighted by Crippen LogP contribution is 2.54. The summed E-state index contributed by atoms with van der Waals surface area (Å²) in [5.74, 6) is 2.41. The summed E-state index contributed by atoms with van der Waals surface area (Å²) < 4.78 is 6.20. The number of phenols is 1. The number of ether oxygens (including phenoxy) is 1. The second-order valence-electron chi connectivity index (χ2n) is 8.56. The lowest BCUT2D eigenvalue weighted by molar-refractivity contribution is 0.409. The molecule has 3 heterocycles. The second kappa shape index (κ2) is 6.74. The third kappa shape index (κ3) is 3.19. The van der Waals surface area contributed by atoms with Crippen molar-refractivity contribution in [1.29, 1.82) is 0 Å². The molecule has 1 atom stereocenters. The molecule has 0 radical (unpaired) electrons. The van der Waals surface area contributed by atoms with Gasteiger partial charge in [-0.05, 0) is 56.7 Å². The molecule has 5 rings (SSSR count). The lowest BCUT2D eigenvalue weighted by atomic mass is 9.81. The van der Waals surface area contributed by atoms with Crippen LogP contribution in [0, 0.1) is 0 Å². The fourth-order valence-electron chi connectivity index (χ4n) is 3.84. The van der Waals surface area contributed by atoms with Crippen molar-refractivity contribution in [3.8, 4) is 28.4 Å². The minimum absolute atomic E-state index is 0.101. The average molecular weight is 419 g/mol. The van der Waals surface area contributed by atoms with Gasteiger partial charge < -0.3 is 15.2 Å². The number of phenolic OH excluding ortho intramolecular Hbond substituents is 1. The van der Waals surface area contributed by atoms with E-state index in [1.54, 1.807) is 36.3 Å². The highest BCUT2D eigenvalue weighted by Gasteiger charge is 2.46. The van der Waals surface area contributed by atoms with Gasteiger partial charge in [0.15, 0.2) is 5.17 Å². The molecule has 2 aliphatic heterocycles. The van der Waals surface area contributed by atoms with Crippen LogP contribution in [0.25, 0.3) is 11.1 Å². The Morgan fingerprint density at radius 2 is 1.70 bits per heavy atom. The first-order chi connectivity index (χ1) is 14.3. The molecule has 0 amide bonds. The molecule has 152 valence electrons. The summed E-state index contributed by atoms with van der Waals surface area (Å²) in [6.07, 6.45) is 5.11. The first-order valence-corrected chi connectivity index (χ1v) is 10.7. The Balaban J connectivity index is 1.71.